The molecule has 0 unspecified atom stereocenters. The Morgan fingerprint density at radius 3 is 2.63 bits per heavy atom. The zero-order chi connectivity index (χ0) is 25.8. The predicted molar refractivity (Wildman–Crippen MR) is 133 cm³/mol. The summed E-state index contributed by atoms with van der Waals surface area (Å²) in [6.45, 7) is 10.5. The number of nitrogens with zero attached hydrogens (tertiary/aromatic N) is 5. The molecular formula is C25H34N6O4. The van der Waals surface area contributed by atoms with Crippen LogP contribution in [-0.2, 0) is 24.9 Å². The van der Waals surface area contributed by atoms with Gasteiger partial charge in [0.15, 0.2) is 0 Å². The predicted octanol–water partition coefficient (Wildman–Crippen LogP) is 3.34. The van der Waals surface area contributed by atoms with Crippen molar-refractivity contribution in [1.29, 1.82) is 0 Å². The van der Waals surface area contributed by atoms with E-state index in [-0.39, 0.29) is 5.91 Å². The Labute approximate surface area is 204 Å². The number of carbonyl (C=O) groups is 2. The number of benzene rings is 1. The maximum atomic E-state index is 13.1. The number of aromatic nitrogens is 4. The lowest BCUT2D eigenvalue weighted by Crippen LogP contribution is -2.32. The van der Waals surface area contributed by atoms with Crippen molar-refractivity contribution in [3.8, 4) is 5.75 Å². The molecule has 0 radical (unpaired) electrons. The van der Waals surface area contributed by atoms with Gasteiger partial charge in [0.1, 0.15) is 22.6 Å². The van der Waals surface area contributed by atoms with Crippen LogP contribution >= 0.6 is 0 Å². The summed E-state index contributed by atoms with van der Waals surface area (Å²) in [4.78, 5) is 29.5. The summed E-state index contributed by atoms with van der Waals surface area (Å²) in [6, 6.07) is 7.46. The number of methoxy groups -OCH3 is 1. The highest BCUT2D eigenvalue weighted by atomic mass is 16.6. The molecule has 0 spiro atoms. The Morgan fingerprint density at radius 1 is 1.23 bits per heavy atom. The molecule has 188 valence electrons. The first-order valence-electron chi connectivity index (χ1n) is 11.5. The zero-order valence-electron chi connectivity index (χ0n) is 21.5. The molecule has 0 atom stereocenters. The molecule has 0 bridgehead atoms. The van der Waals surface area contributed by atoms with Gasteiger partial charge >= 0.3 is 6.09 Å². The minimum Gasteiger partial charge on any atom is -0.494 e. The van der Waals surface area contributed by atoms with Gasteiger partial charge in [0.25, 0.3) is 5.91 Å². The van der Waals surface area contributed by atoms with E-state index in [1.807, 2.05) is 81.2 Å². The molecule has 0 aliphatic rings. The number of ether oxygens (including phenoxy) is 2. The lowest BCUT2D eigenvalue weighted by Gasteiger charge is -2.19. The van der Waals surface area contributed by atoms with Gasteiger partial charge in [-0.3, -0.25) is 9.48 Å². The van der Waals surface area contributed by atoms with Crippen LogP contribution in [0, 0.1) is 6.92 Å². The summed E-state index contributed by atoms with van der Waals surface area (Å²) in [6.07, 6.45) is 3.24. The van der Waals surface area contributed by atoms with Crippen molar-refractivity contribution < 1.29 is 19.1 Å². The number of nitrogens with one attached hydrogen (secondary N) is 1. The van der Waals surface area contributed by atoms with Crippen LogP contribution in [0.4, 0.5) is 4.79 Å². The fraction of sp³-hybridized carbons (Fsp3) is 0.440. The van der Waals surface area contributed by atoms with E-state index in [2.05, 4.69) is 15.4 Å². The molecule has 0 fully saturated rings. The first-order chi connectivity index (χ1) is 16.6. The number of carbonyl (C=O) groups excluding carboxylic acids is 2. The van der Waals surface area contributed by atoms with E-state index in [1.54, 1.807) is 17.9 Å². The van der Waals surface area contributed by atoms with E-state index >= 15 is 0 Å². The van der Waals surface area contributed by atoms with Crippen molar-refractivity contribution in [2.45, 2.75) is 53.3 Å². The number of hydrogen-bond donors (Lipinski definition) is 1. The van der Waals surface area contributed by atoms with E-state index in [4.69, 9.17) is 9.47 Å². The van der Waals surface area contributed by atoms with Crippen molar-refractivity contribution >= 4 is 23.0 Å². The number of allylic oxidation sites excluding steroid dienone is 1. The molecule has 35 heavy (non-hydrogen) atoms. The lowest BCUT2D eigenvalue weighted by molar-refractivity contribution is 0.0534. The monoisotopic (exact) mass is 482 g/mol. The van der Waals surface area contributed by atoms with Crippen LogP contribution < -0.4 is 15.7 Å². The molecule has 2 amide bonds. The van der Waals surface area contributed by atoms with E-state index in [9.17, 15) is 9.59 Å². The van der Waals surface area contributed by atoms with Gasteiger partial charge in [0.2, 0.25) is 5.62 Å². The molecule has 10 nitrogen and oxygen atoms in total. The van der Waals surface area contributed by atoms with Gasteiger partial charge in [-0.2, -0.15) is 10.1 Å². The smallest absolute Gasteiger partial charge is 0.407 e. The van der Waals surface area contributed by atoms with Crippen molar-refractivity contribution in [3.05, 3.63) is 53.4 Å². The molecular weight excluding hydrogens is 448 g/mol. The number of aryl methyl sites for hydroxylation is 3. The normalized spacial score (nSPS) is 12.5. The third-order valence-corrected chi connectivity index (χ3v) is 5.21. The summed E-state index contributed by atoms with van der Waals surface area (Å²) < 4.78 is 16.3. The van der Waals surface area contributed by atoms with Crippen molar-refractivity contribution in [2.75, 3.05) is 13.7 Å². The molecule has 2 heterocycles. The first kappa shape index (κ1) is 25.8. The van der Waals surface area contributed by atoms with Gasteiger partial charge < -0.3 is 23.9 Å². The molecule has 10 heteroatoms. The Kier molecular flexibility index (Phi) is 7.83. The second-order valence-electron chi connectivity index (χ2n) is 9.06. The van der Waals surface area contributed by atoms with Gasteiger partial charge in [-0.05, 0) is 52.8 Å². The van der Waals surface area contributed by atoms with Crippen molar-refractivity contribution in [1.82, 2.24) is 24.2 Å². The SMILES string of the molecule is CCn1nc(C)cc1C(=O)N=c1n(C)c2cccc(OC)c2n1C/C=C/CNC(=O)OC(C)(C)C. The van der Waals surface area contributed by atoms with E-state index in [0.29, 0.717) is 36.7 Å². The van der Waals surface area contributed by atoms with Gasteiger partial charge in [-0.1, -0.05) is 18.2 Å². The number of hydrogen-bond acceptors (Lipinski definition) is 5. The molecule has 0 aliphatic carbocycles. The molecule has 1 aromatic carbocycles. The minimum absolute atomic E-state index is 0.303. The number of imidazole rings is 1. The second kappa shape index (κ2) is 10.6. The summed E-state index contributed by atoms with van der Waals surface area (Å²) in [7, 11) is 3.47. The Hall–Kier alpha value is -3.82. The second-order valence-corrected chi connectivity index (χ2v) is 9.06. The van der Waals surface area contributed by atoms with E-state index < -0.39 is 11.7 Å². The van der Waals surface area contributed by atoms with Crippen LogP contribution in [-0.4, -0.2) is 50.2 Å². The summed E-state index contributed by atoms with van der Waals surface area (Å²) in [5.41, 5.74) is 2.80. The van der Waals surface area contributed by atoms with Gasteiger partial charge in [0, 0.05) is 26.7 Å². The molecule has 2 aromatic heterocycles. The van der Waals surface area contributed by atoms with Crippen LogP contribution in [0.15, 0.2) is 41.4 Å². The van der Waals surface area contributed by atoms with Crippen LogP contribution in [0.25, 0.3) is 11.0 Å². The van der Waals surface area contributed by atoms with Gasteiger partial charge in [-0.25, -0.2) is 4.79 Å². The zero-order valence-corrected chi connectivity index (χ0v) is 21.5. The van der Waals surface area contributed by atoms with Crippen LogP contribution in [0.5, 0.6) is 5.75 Å². The standard InChI is InChI=1S/C25H34N6O4/c1-8-31-19(16-17(2)28-31)22(32)27-23-29(6)18-12-11-13-20(34-7)21(18)30(23)15-10-9-14-26-24(33)35-25(3,4)5/h9-13,16H,8,14-15H2,1-7H3,(H,26,33)/b10-9+,27-23?. The van der Waals surface area contributed by atoms with Crippen molar-refractivity contribution in [2.24, 2.45) is 12.0 Å². The van der Waals surface area contributed by atoms with E-state index in [1.165, 1.54) is 0 Å². The molecule has 3 aromatic rings. The van der Waals surface area contributed by atoms with Crippen molar-refractivity contribution in [3.63, 3.8) is 0 Å². The maximum absolute atomic E-state index is 13.1. The summed E-state index contributed by atoms with van der Waals surface area (Å²) in [5.74, 6) is 0.295. The highest BCUT2D eigenvalue weighted by Crippen LogP contribution is 2.24. The van der Waals surface area contributed by atoms with Crippen LogP contribution in [0.1, 0.15) is 43.9 Å². The largest absolute Gasteiger partial charge is 0.494 e. The third kappa shape index (κ3) is 6.00. The minimum atomic E-state index is -0.558. The molecule has 1 N–H and O–H groups in total. The fourth-order valence-corrected chi connectivity index (χ4v) is 3.74. The first-order valence-corrected chi connectivity index (χ1v) is 11.5. The average molecular weight is 483 g/mol. The van der Waals surface area contributed by atoms with E-state index in [0.717, 1.165) is 16.7 Å². The molecule has 3 rings (SSSR count). The summed E-state index contributed by atoms with van der Waals surface area (Å²) >= 11 is 0. The lowest BCUT2D eigenvalue weighted by atomic mass is 10.2. The number of fused-ring (bicyclic) bond motifs is 1. The third-order valence-electron chi connectivity index (χ3n) is 5.21. The molecule has 0 aliphatic heterocycles. The fourth-order valence-electron chi connectivity index (χ4n) is 3.74. The highest BCUT2D eigenvalue weighted by Gasteiger charge is 2.17. The molecule has 0 saturated carbocycles. The summed E-state index contributed by atoms with van der Waals surface area (Å²) in [5, 5.41) is 7.06. The van der Waals surface area contributed by atoms with Crippen LogP contribution in [0.3, 0.4) is 0 Å². The number of alkyl carbamates (subject to hydrolysis) is 1. The highest BCUT2D eigenvalue weighted by molar-refractivity contribution is 5.93. The number of para-hydroxylation sites is 1. The topological polar surface area (TPSA) is 105 Å². The van der Waals surface area contributed by atoms with Gasteiger partial charge in [0.05, 0.1) is 18.3 Å². The van der Waals surface area contributed by atoms with Gasteiger partial charge in [-0.15, -0.1) is 0 Å². The number of amides is 2. The van der Waals surface area contributed by atoms with Crippen LogP contribution in [0.2, 0.25) is 0 Å². The molecule has 0 saturated heterocycles. The Morgan fingerprint density at radius 2 is 1.97 bits per heavy atom. The number of rotatable bonds is 7. The Balaban J connectivity index is 1.97. The average Bonchev–Trinajstić information content (AvgIpc) is 3.30. The Bertz CT molecular complexity index is 1320. The maximum Gasteiger partial charge on any atom is 0.407 e. The quantitative estimate of drug-likeness (QED) is 0.520.